The van der Waals surface area contributed by atoms with Crippen LogP contribution in [0.4, 0.5) is 17.6 Å². The molecule has 2 saturated carbocycles. The molecule has 2 aliphatic carbocycles. The number of aliphatic hydroxyl groups excluding tert-OH is 1. The lowest BCUT2D eigenvalue weighted by Crippen LogP contribution is -2.30. The number of benzene rings is 1. The summed E-state index contributed by atoms with van der Waals surface area (Å²) < 4.78 is 2.06. The predicted molar refractivity (Wildman–Crippen MR) is 137 cm³/mol. The third kappa shape index (κ3) is 5.17. The second-order valence-electron chi connectivity index (χ2n) is 9.50. The zero-order valence-electron chi connectivity index (χ0n) is 19.3. The molecule has 1 aromatic carbocycles. The van der Waals surface area contributed by atoms with E-state index in [1.165, 1.54) is 0 Å². The molecule has 186 valence electrons. The van der Waals surface area contributed by atoms with Gasteiger partial charge in [0.1, 0.15) is 5.52 Å². The molecule has 2 aliphatic rings. The summed E-state index contributed by atoms with van der Waals surface area (Å²) in [6, 6.07) is 5.51. The Labute approximate surface area is 213 Å². The maximum atomic E-state index is 11.7. The Morgan fingerprint density at radius 1 is 1.09 bits per heavy atom. The fourth-order valence-electron chi connectivity index (χ4n) is 5.22. The number of aliphatic hydroxyl groups is 1. The highest BCUT2D eigenvalue weighted by atomic mass is 35.5. The van der Waals surface area contributed by atoms with Crippen molar-refractivity contribution in [2.24, 2.45) is 11.7 Å². The first-order valence-electron chi connectivity index (χ1n) is 12.1. The van der Waals surface area contributed by atoms with E-state index in [4.69, 9.17) is 38.9 Å². The molecular weight excluding hydrogens is 489 g/mol. The van der Waals surface area contributed by atoms with E-state index in [0.29, 0.717) is 58.1 Å². The molecule has 1 amide bonds. The van der Waals surface area contributed by atoms with Gasteiger partial charge >= 0.3 is 0 Å². The number of halogens is 2. The van der Waals surface area contributed by atoms with Crippen molar-refractivity contribution in [3.05, 3.63) is 34.4 Å². The number of aromatic nitrogens is 4. The van der Waals surface area contributed by atoms with Crippen LogP contribution < -0.4 is 16.4 Å². The van der Waals surface area contributed by atoms with Crippen LogP contribution in [0.15, 0.2) is 24.4 Å². The lowest BCUT2D eigenvalue weighted by molar-refractivity contribution is -0.122. The van der Waals surface area contributed by atoms with Gasteiger partial charge in [0.15, 0.2) is 5.65 Å². The topological polar surface area (TPSA) is 131 Å². The molecule has 2 aromatic heterocycles. The third-order valence-corrected chi connectivity index (χ3v) is 7.71. The van der Waals surface area contributed by atoms with E-state index in [0.717, 1.165) is 32.1 Å². The van der Waals surface area contributed by atoms with Crippen molar-refractivity contribution in [1.29, 1.82) is 0 Å². The molecule has 2 atom stereocenters. The Balaban J connectivity index is 1.51. The number of amides is 1. The Morgan fingerprint density at radius 2 is 1.83 bits per heavy atom. The Bertz CT molecular complexity index is 1210. The average molecular weight is 518 g/mol. The summed E-state index contributed by atoms with van der Waals surface area (Å²) in [5.74, 6) is 0.714. The van der Waals surface area contributed by atoms with E-state index < -0.39 is 0 Å². The van der Waals surface area contributed by atoms with Gasteiger partial charge in [-0.3, -0.25) is 9.36 Å². The molecular formula is C24H29Cl2N7O2. The zero-order chi connectivity index (χ0) is 24.5. The number of anilines is 3. The number of nitrogens with zero attached hydrogens (tertiary/aromatic N) is 4. The van der Waals surface area contributed by atoms with Crippen molar-refractivity contribution in [2.75, 3.05) is 10.6 Å². The largest absolute Gasteiger partial charge is 0.393 e. The number of para-hydroxylation sites is 1. The summed E-state index contributed by atoms with van der Waals surface area (Å²) in [4.78, 5) is 25.8. The van der Waals surface area contributed by atoms with Gasteiger partial charge in [0.05, 0.1) is 28.0 Å². The summed E-state index contributed by atoms with van der Waals surface area (Å²) in [5, 5.41) is 17.7. The molecule has 5 rings (SSSR count). The summed E-state index contributed by atoms with van der Waals surface area (Å²) in [5.41, 5.74) is 7.46. The molecule has 0 bridgehead atoms. The fraction of sp³-hybridized carbons (Fsp3) is 0.500. The predicted octanol–water partition coefficient (Wildman–Crippen LogP) is 4.81. The van der Waals surface area contributed by atoms with Crippen molar-refractivity contribution in [2.45, 2.75) is 69.6 Å². The lowest BCUT2D eigenvalue weighted by atomic mass is 9.85. The van der Waals surface area contributed by atoms with Gasteiger partial charge in [0.25, 0.3) is 0 Å². The van der Waals surface area contributed by atoms with Crippen LogP contribution in [0.1, 0.15) is 57.4 Å². The SMILES string of the molecule is NC(=O)C1CCC(n2c(Nc3c(Cl)cccc3Cl)nc3cnc(NC4CCC[C@@H](O)C4)nc32)CC1. The number of nitrogens with one attached hydrogen (secondary N) is 2. The second-order valence-corrected chi connectivity index (χ2v) is 10.3. The van der Waals surface area contributed by atoms with E-state index >= 15 is 0 Å². The highest BCUT2D eigenvalue weighted by Crippen LogP contribution is 2.39. The monoisotopic (exact) mass is 517 g/mol. The zero-order valence-corrected chi connectivity index (χ0v) is 20.8. The molecule has 3 aromatic rings. The number of rotatable bonds is 6. The molecule has 0 radical (unpaired) electrons. The van der Waals surface area contributed by atoms with Gasteiger partial charge in [-0.05, 0) is 63.5 Å². The summed E-state index contributed by atoms with van der Waals surface area (Å²) in [7, 11) is 0. The number of hydrogen-bond acceptors (Lipinski definition) is 7. The number of carbonyl (C=O) groups excluding carboxylic acids is 1. The van der Waals surface area contributed by atoms with Gasteiger partial charge in [0, 0.05) is 18.0 Å². The van der Waals surface area contributed by atoms with Crippen molar-refractivity contribution in [1.82, 2.24) is 19.5 Å². The Morgan fingerprint density at radius 3 is 2.51 bits per heavy atom. The smallest absolute Gasteiger partial charge is 0.224 e. The van der Waals surface area contributed by atoms with Crippen molar-refractivity contribution < 1.29 is 9.90 Å². The summed E-state index contributed by atoms with van der Waals surface area (Å²) in [6.07, 6.45) is 7.80. The Hall–Kier alpha value is -2.62. The normalized spacial score (nSPS) is 24.9. The first-order chi connectivity index (χ1) is 16.9. The van der Waals surface area contributed by atoms with Gasteiger partial charge in [-0.1, -0.05) is 29.3 Å². The van der Waals surface area contributed by atoms with Crippen LogP contribution in [0.25, 0.3) is 11.2 Å². The number of primary amides is 1. The van der Waals surface area contributed by atoms with E-state index in [1.807, 2.05) is 0 Å². The van der Waals surface area contributed by atoms with E-state index in [2.05, 4.69) is 20.2 Å². The number of nitrogens with two attached hydrogens (primary N) is 1. The molecule has 0 aliphatic heterocycles. The molecule has 2 fully saturated rings. The van der Waals surface area contributed by atoms with Crippen LogP contribution in [0.5, 0.6) is 0 Å². The van der Waals surface area contributed by atoms with Crippen LogP contribution in [-0.2, 0) is 4.79 Å². The standard InChI is InChI=1S/C24H29Cl2N7O2/c25-17-5-2-6-18(26)20(17)31-24-30-19-12-28-23(29-14-3-1-4-16(34)11-14)32-22(19)33(24)15-9-7-13(8-10-15)21(27)35/h2,5-6,12-16,34H,1,3-4,7-11H2,(H2,27,35)(H,30,31)(H,28,29,32)/t13?,14?,15?,16-/m1/s1. The van der Waals surface area contributed by atoms with Crippen LogP contribution >= 0.6 is 23.2 Å². The maximum absolute atomic E-state index is 11.7. The molecule has 0 saturated heterocycles. The van der Waals surface area contributed by atoms with Gasteiger partial charge in [-0.15, -0.1) is 0 Å². The number of imidazole rings is 1. The first kappa shape index (κ1) is 24.1. The van der Waals surface area contributed by atoms with Crippen molar-refractivity contribution >= 4 is 57.9 Å². The van der Waals surface area contributed by atoms with Gasteiger partial charge in [-0.2, -0.15) is 4.98 Å². The highest BCUT2D eigenvalue weighted by molar-refractivity contribution is 6.39. The quantitative estimate of drug-likeness (QED) is 0.368. The Kier molecular flexibility index (Phi) is 7.00. The molecule has 2 heterocycles. The summed E-state index contributed by atoms with van der Waals surface area (Å²) in [6.45, 7) is 0. The van der Waals surface area contributed by atoms with Gasteiger partial charge in [-0.25, -0.2) is 9.97 Å². The van der Waals surface area contributed by atoms with Crippen LogP contribution in [0, 0.1) is 5.92 Å². The third-order valence-electron chi connectivity index (χ3n) is 7.08. The minimum Gasteiger partial charge on any atom is -0.393 e. The van der Waals surface area contributed by atoms with Crippen LogP contribution in [-0.4, -0.2) is 42.7 Å². The molecule has 9 nitrogen and oxygen atoms in total. The van der Waals surface area contributed by atoms with Crippen LogP contribution in [0.2, 0.25) is 10.0 Å². The minimum atomic E-state index is -0.299. The molecule has 0 spiro atoms. The first-order valence-corrected chi connectivity index (χ1v) is 12.8. The van der Waals surface area contributed by atoms with Gasteiger partial charge in [0.2, 0.25) is 17.8 Å². The molecule has 35 heavy (non-hydrogen) atoms. The lowest BCUT2D eigenvalue weighted by Gasteiger charge is -2.29. The van der Waals surface area contributed by atoms with E-state index in [1.54, 1.807) is 24.4 Å². The molecule has 1 unspecified atom stereocenters. The molecule has 11 heteroatoms. The second kappa shape index (κ2) is 10.2. The van der Waals surface area contributed by atoms with Crippen molar-refractivity contribution in [3.63, 3.8) is 0 Å². The minimum absolute atomic E-state index is 0.0682. The van der Waals surface area contributed by atoms with Crippen LogP contribution in [0.3, 0.4) is 0 Å². The van der Waals surface area contributed by atoms with Gasteiger partial charge < -0.3 is 21.5 Å². The fourth-order valence-corrected chi connectivity index (χ4v) is 5.71. The average Bonchev–Trinajstić information content (AvgIpc) is 3.19. The number of carbonyl (C=O) groups is 1. The van der Waals surface area contributed by atoms with Crippen molar-refractivity contribution in [3.8, 4) is 0 Å². The van der Waals surface area contributed by atoms with E-state index in [-0.39, 0.29) is 30.0 Å². The molecule has 5 N–H and O–H groups in total. The number of fused-ring (bicyclic) bond motifs is 1. The number of hydrogen-bond donors (Lipinski definition) is 4. The highest BCUT2D eigenvalue weighted by Gasteiger charge is 2.30. The summed E-state index contributed by atoms with van der Waals surface area (Å²) >= 11 is 12.8. The maximum Gasteiger partial charge on any atom is 0.224 e. The van der Waals surface area contributed by atoms with E-state index in [9.17, 15) is 9.90 Å².